The zero-order chi connectivity index (χ0) is 12.8. The van der Waals surface area contributed by atoms with Crippen molar-refractivity contribution in [2.45, 2.75) is 13.2 Å². The average molecular weight is 308 g/mol. The molecule has 0 aliphatic heterocycles. The summed E-state index contributed by atoms with van der Waals surface area (Å²) >= 11 is 3.40. The maximum Gasteiger partial charge on any atom is 0.140 e. The third-order valence-corrected chi connectivity index (χ3v) is 2.95. The second-order valence-electron chi connectivity index (χ2n) is 3.81. The monoisotopic (exact) mass is 307 g/mol. The standard InChI is InChI=1S/C13H14BrN3O/c14-12-3-1-10(2-4-12)8-18-9-11-5-6-16-13(7-11)17-15/h1-7H,8-9,15H2,(H,16,17). The van der Waals surface area contributed by atoms with E-state index in [2.05, 4.69) is 26.3 Å². The molecule has 0 aliphatic rings. The summed E-state index contributed by atoms with van der Waals surface area (Å²) in [4.78, 5) is 4.04. The van der Waals surface area contributed by atoms with Gasteiger partial charge in [-0.2, -0.15) is 0 Å². The van der Waals surface area contributed by atoms with Crippen molar-refractivity contribution in [3.63, 3.8) is 0 Å². The van der Waals surface area contributed by atoms with Crippen LogP contribution >= 0.6 is 15.9 Å². The van der Waals surface area contributed by atoms with Gasteiger partial charge in [-0.05, 0) is 35.4 Å². The van der Waals surface area contributed by atoms with Crippen LogP contribution < -0.4 is 11.3 Å². The molecule has 0 bridgehead atoms. The molecule has 3 N–H and O–H groups in total. The van der Waals surface area contributed by atoms with Gasteiger partial charge in [0.2, 0.25) is 0 Å². The molecule has 0 atom stereocenters. The zero-order valence-electron chi connectivity index (χ0n) is 9.77. The second-order valence-corrected chi connectivity index (χ2v) is 4.73. The van der Waals surface area contributed by atoms with Gasteiger partial charge in [0.1, 0.15) is 5.82 Å². The fraction of sp³-hybridized carbons (Fsp3) is 0.154. The van der Waals surface area contributed by atoms with Crippen LogP contribution in [0.3, 0.4) is 0 Å². The van der Waals surface area contributed by atoms with Crippen LogP contribution in [0.4, 0.5) is 5.82 Å². The number of hydrazine groups is 1. The molecule has 5 heteroatoms. The quantitative estimate of drug-likeness (QED) is 0.659. The fourth-order valence-corrected chi connectivity index (χ4v) is 1.77. The van der Waals surface area contributed by atoms with E-state index in [1.54, 1.807) is 6.20 Å². The Kier molecular flexibility index (Phi) is 4.69. The third kappa shape index (κ3) is 3.80. The topological polar surface area (TPSA) is 60.2 Å². The van der Waals surface area contributed by atoms with Gasteiger partial charge in [0.05, 0.1) is 13.2 Å². The van der Waals surface area contributed by atoms with Crippen LogP contribution in [0.15, 0.2) is 47.1 Å². The molecule has 0 aliphatic carbocycles. The third-order valence-electron chi connectivity index (χ3n) is 2.42. The second kappa shape index (κ2) is 6.49. The molecule has 0 spiro atoms. The first kappa shape index (κ1) is 13.0. The summed E-state index contributed by atoms with van der Waals surface area (Å²) in [5.41, 5.74) is 4.69. The van der Waals surface area contributed by atoms with Crippen LogP contribution in [-0.2, 0) is 18.0 Å². The van der Waals surface area contributed by atoms with Gasteiger partial charge >= 0.3 is 0 Å². The van der Waals surface area contributed by atoms with Crippen molar-refractivity contribution in [1.29, 1.82) is 0 Å². The smallest absolute Gasteiger partial charge is 0.140 e. The maximum absolute atomic E-state index is 5.63. The van der Waals surface area contributed by atoms with Crippen molar-refractivity contribution >= 4 is 21.7 Å². The number of aromatic nitrogens is 1. The molecule has 2 aromatic rings. The van der Waals surface area contributed by atoms with Crippen molar-refractivity contribution in [1.82, 2.24) is 4.98 Å². The van der Waals surface area contributed by atoms with Gasteiger partial charge in [-0.1, -0.05) is 28.1 Å². The Balaban J connectivity index is 1.86. The van der Waals surface area contributed by atoms with Crippen LogP contribution in [0, 0.1) is 0 Å². The number of anilines is 1. The lowest BCUT2D eigenvalue weighted by molar-refractivity contribution is 0.107. The van der Waals surface area contributed by atoms with Crippen molar-refractivity contribution < 1.29 is 4.74 Å². The Hall–Kier alpha value is -1.43. The molecule has 2 rings (SSSR count). The van der Waals surface area contributed by atoms with E-state index in [9.17, 15) is 0 Å². The highest BCUT2D eigenvalue weighted by Gasteiger charge is 1.97. The molecule has 0 fully saturated rings. The number of nitrogens with one attached hydrogen (secondary N) is 1. The summed E-state index contributed by atoms with van der Waals surface area (Å²) in [5.74, 6) is 5.93. The van der Waals surface area contributed by atoms with Crippen molar-refractivity contribution in [2.24, 2.45) is 5.84 Å². The van der Waals surface area contributed by atoms with Crippen molar-refractivity contribution in [2.75, 3.05) is 5.43 Å². The van der Waals surface area contributed by atoms with E-state index in [1.165, 1.54) is 0 Å². The summed E-state index contributed by atoms with van der Waals surface area (Å²) < 4.78 is 6.70. The predicted octanol–water partition coefficient (Wildman–Crippen LogP) is 2.85. The van der Waals surface area contributed by atoms with Gasteiger partial charge in [0, 0.05) is 10.7 Å². The molecule has 1 aromatic heterocycles. The van der Waals surface area contributed by atoms with E-state index in [0.717, 1.165) is 15.6 Å². The van der Waals surface area contributed by atoms with E-state index < -0.39 is 0 Å². The number of nitrogen functional groups attached to an aromatic ring is 1. The van der Waals surface area contributed by atoms with Crippen LogP contribution in [0.2, 0.25) is 0 Å². The molecule has 18 heavy (non-hydrogen) atoms. The summed E-state index contributed by atoms with van der Waals surface area (Å²) in [7, 11) is 0. The van der Waals surface area contributed by atoms with Crippen molar-refractivity contribution in [3.05, 3.63) is 58.2 Å². The number of nitrogens with zero attached hydrogens (tertiary/aromatic N) is 1. The number of hydrogen-bond donors (Lipinski definition) is 2. The van der Waals surface area contributed by atoms with E-state index in [4.69, 9.17) is 10.6 Å². The summed E-state index contributed by atoms with van der Waals surface area (Å²) in [5, 5.41) is 0. The molecule has 0 amide bonds. The van der Waals surface area contributed by atoms with E-state index in [0.29, 0.717) is 19.0 Å². The summed E-state index contributed by atoms with van der Waals surface area (Å²) in [6.07, 6.45) is 1.70. The van der Waals surface area contributed by atoms with E-state index >= 15 is 0 Å². The highest BCUT2D eigenvalue weighted by molar-refractivity contribution is 9.10. The summed E-state index contributed by atoms with van der Waals surface area (Å²) in [6, 6.07) is 11.8. The van der Waals surface area contributed by atoms with Crippen LogP contribution in [0.1, 0.15) is 11.1 Å². The number of rotatable bonds is 5. The Labute approximate surface area is 114 Å². The number of benzene rings is 1. The van der Waals surface area contributed by atoms with Gasteiger partial charge in [-0.15, -0.1) is 0 Å². The Bertz CT molecular complexity index is 502. The lowest BCUT2D eigenvalue weighted by Crippen LogP contribution is -2.08. The minimum Gasteiger partial charge on any atom is -0.372 e. The van der Waals surface area contributed by atoms with Gasteiger partial charge in [0.15, 0.2) is 0 Å². The first-order chi connectivity index (χ1) is 8.78. The van der Waals surface area contributed by atoms with Gasteiger partial charge in [0.25, 0.3) is 0 Å². The zero-order valence-corrected chi connectivity index (χ0v) is 11.4. The van der Waals surface area contributed by atoms with E-state index in [1.807, 2.05) is 36.4 Å². The molecule has 0 saturated carbocycles. The molecule has 4 nitrogen and oxygen atoms in total. The highest BCUT2D eigenvalue weighted by atomic mass is 79.9. The van der Waals surface area contributed by atoms with Gasteiger partial charge in [-0.3, -0.25) is 0 Å². The predicted molar refractivity (Wildman–Crippen MR) is 74.7 cm³/mol. The minimum absolute atomic E-state index is 0.535. The molecule has 1 heterocycles. The molecule has 94 valence electrons. The minimum atomic E-state index is 0.535. The lowest BCUT2D eigenvalue weighted by atomic mass is 10.2. The number of pyridine rings is 1. The first-order valence-electron chi connectivity index (χ1n) is 5.51. The molecule has 0 saturated heterocycles. The molecular formula is C13H14BrN3O. The number of nitrogens with two attached hydrogens (primary N) is 1. The van der Waals surface area contributed by atoms with Crippen LogP contribution in [-0.4, -0.2) is 4.98 Å². The van der Waals surface area contributed by atoms with E-state index in [-0.39, 0.29) is 0 Å². The number of hydrogen-bond acceptors (Lipinski definition) is 4. The SMILES string of the molecule is NNc1cc(COCc2ccc(Br)cc2)ccn1. The molecular weight excluding hydrogens is 294 g/mol. The lowest BCUT2D eigenvalue weighted by Gasteiger charge is -2.06. The molecule has 0 radical (unpaired) electrons. The normalized spacial score (nSPS) is 10.3. The molecule has 1 aromatic carbocycles. The molecule has 0 unspecified atom stereocenters. The Morgan fingerprint density at radius 2 is 1.83 bits per heavy atom. The average Bonchev–Trinajstić information content (AvgIpc) is 2.41. The van der Waals surface area contributed by atoms with Gasteiger partial charge < -0.3 is 10.2 Å². The number of halogens is 1. The Morgan fingerprint density at radius 1 is 1.11 bits per heavy atom. The van der Waals surface area contributed by atoms with Gasteiger partial charge in [-0.25, -0.2) is 10.8 Å². The first-order valence-corrected chi connectivity index (χ1v) is 6.31. The maximum atomic E-state index is 5.63. The fourth-order valence-electron chi connectivity index (χ4n) is 1.51. The highest BCUT2D eigenvalue weighted by Crippen LogP contribution is 2.12. The van der Waals surface area contributed by atoms with Crippen molar-refractivity contribution in [3.8, 4) is 0 Å². The largest absolute Gasteiger partial charge is 0.372 e. The number of ether oxygens (including phenoxy) is 1. The summed E-state index contributed by atoms with van der Waals surface area (Å²) in [6.45, 7) is 1.12. The Morgan fingerprint density at radius 3 is 2.56 bits per heavy atom. The van der Waals surface area contributed by atoms with Crippen LogP contribution in [0.5, 0.6) is 0 Å². The van der Waals surface area contributed by atoms with Crippen LogP contribution in [0.25, 0.3) is 0 Å².